The standard InChI is InChI=1S/C23H27F3N2O3/c1-22(2,3)15-11-17(20(29)23(24,25)26)19(31-4)18(12-15)28-21(30)27-16-9-13-7-5-6-8-14(13)10-16/h5-8,11-12,16,20,29H,9-10H2,1-4H3,(H2,27,28,30). The van der Waals surface area contributed by atoms with Crippen LogP contribution in [0.15, 0.2) is 36.4 Å². The largest absolute Gasteiger partial charge is 0.494 e. The molecule has 1 aliphatic rings. The number of carbonyl (C=O) groups excluding carboxylic acids is 1. The minimum Gasteiger partial charge on any atom is -0.494 e. The van der Waals surface area contributed by atoms with Crippen LogP contribution in [0, 0.1) is 0 Å². The highest BCUT2D eigenvalue weighted by Gasteiger charge is 2.42. The predicted molar refractivity (Wildman–Crippen MR) is 113 cm³/mol. The zero-order valence-corrected chi connectivity index (χ0v) is 17.9. The van der Waals surface area contributed by atoms with Gasteiger partial charge in [0.15, 0.2) is 6.10 Å². The molecule has 0 fully saturated rings. The number of anilines is 1. The summed E-state index contributed by atoms with van der Waals surface area (Å²) in [6.45, 7) is 5.49. The number of nitrogens with one attached hydrogen (secondary N) is 2. The number of hydrogen-bond acceptors (Lipinski definition) is 3. The van der Waals surface area contributed by atoms with E-state index in [0.717, 1.165) is 11.1 Å². The quantitative estimate of drug-likeness (QED) is 0.640. The van der Waals surface area contributed by atoms with E-state index in [1.807, 2.05) is 45.0 Å². The number of rotatable bonds is 4. The number of carbonyl (C=O) groups is 1. The van der Waals surface area contributed by atoms with Crippen molar-refractivity contribution in [2.24, 2.45) is 0 Å². The van der Waals surface area contributed by atoms with Crippen LogP contribution in [0.4, 0.5) is 23.7 Å². The molecular weight excluding hydrogens is 409 g/mol. The molecule has 2 aromatic carbocycles. The molecule has 168 valence electrons. The monoisotopic (exact) mass is 436 g/mol. The summed E-state index contributed by atoms with van der Waals surface area (Å²) >= 11 is 0. The second-order valence-electron chi connectivity index (χ2n) is 8.81. The van der Waals surface area contributed by atoms with Gasteiger partial charge in [0.1, 0.15) is 5.75 Å². The fourth-order valence-electron chi connectivity index (χ4n) is 3.79. The zero-order valence-electron chi connectivity index (χ0n) is 17.9. The second-order valence-corrected chi connectivity index (χ2v) is 8.81. The number of aliphatic hydroxyl groups is 1. The van der Waals surface area contributed by atoms with E-state index >= 15 is 0 Å². The van der Waals surface area contributed by atoms with Crippen molar-refractivity contribution >= 4 is 11.7 Å². The molecule has 5 nitrogen and oxygen atoms in total. The highest BCUT2D eigenvalue weighted by molar-refractivity contribution is 5.92. The van der Waals surface area contributed by atoms with Gasteiger partial charge in [-0.2, -0.15) is 13.2 Å². The maximum absolute atomic E-state index is 13.3. The summed E-state index contributed by atoms with van der Waals surface area (Å²) < 4.78 is 45.0. The molecule has 8 heteroatoms. The Kier molecular flexibility index (Phi) is 6.23. The predicted octanol–water partition coefficient (Wildman–Crippen LogP) is 4.88. The van der Waals surface area contributed by atoms with Gasteiger partial charge in [0.25, 0.3) is 0 Å². The minimum atomic E-state index is -4.88. The van der Waals surface area contributed by atoms with Gasteiger partial charge in [-0.25, -0.2) is 4.79 Å². The topological polar surface area (TPSA) is 70.6 Å². The average Bonchev–Trinajstić information content (AvgIpc) is 3.07. The third-order valence-electron chi connectivity index (χ3n) is 5.43. The van der Waals surface area contributed by atoms with Crippen LogP contribution in [0.25, 0.3) is 0 Å². The summed E-state index contributed by atoms with van der Waals surface area (Å²) in [4.78, 5) is 12.7. The number of fused-ring (bicyclic) bond motifs is 1. The summed E-state index contributed by atoms with van der Waals surface area (Å²) in [7, 11) is 1.20. The maximum Gasteiger partial charge on any atom is 0.418 e. The number of hydrogen-bond donors (Lipinski definition) is 3. The SMILES string of the molecule is COc1c(NC(=O)NC2Cc3ccccc3C2)cc(C(C)(C)C)cc1C(O)C(F)(F)F. The van der Waals surface area contributed by atoms with Gasteiger partial charge in [0, 0.05) is 11.6 Å². The molecule has 1 atom stereocenters. The van der Waals surface area contributed by atoms with Gasteiger partial charge >= 0.3 is 12.2 Å². The molecule has 2 aromatic rings. The Bertz CT molecular complexity index is 943. The van der Waals surface area contributed by atoms with E-state index in [2.05, 4.69) is 10.6 Å². The number of halogens is 3. The molecule has 3 N–H and O–H groups in total. The average molecular weight is 436 g/mol. The third kappa shape index (κ3) is 5.12. The maximum atomic E-state index is 13.3. The molecule has 2 amide bonds. The van der Waals surface area contributed by atoms with Crippen LogP contribution in [0.2, 0.25) is 0 Å². The third-order valence-corrected chi connectivity index (χ3v) is 5.43. The molecule has 0 spiro atoms. The Morgan fingerprint density at radius 1 is 1.13 bits per heavy atom. The van der Waals surface area contributed by atoms with Crippen molar-refractivity contribution in [1.29, 1.82) is 0 Å². The van der Waals surface area contributed by atoms with E-state index in [0.29, 0.717) is 18.4 Å². The molecule has 0 saturated carbocycles. The van der Waals surface area contributed by atoms with E-state index in [4.69, 9.17) is 4.74 Å². The van der Waals surface area contributed by atoms with Gasteiger partial charge in [0.05, 0.1) is 12.8 Å². The summed E-state index contributed by atoms with van der Waals surface area (Å²) in [5.74, 6) is -0.220. The summed E-state index contributed by atoms with van der Waals surface area (Å²) in [5.41, 5.74) is 1.96. The second kappa shape index (κ2) is 8.42. The minimum absolute atomic E-state index is 0.0706. The first-order valence-electron chi connectivity index (χ1n) is 10.0. The normalized spacial score (nSPS) is 15.4. The number of alkyl halides is 3. The Morgan fingerprint density at radius 2 is 1.71 bits per heavy atom. The molecule has 3 rings (SSSR count). The highest BCUT2D eigenvalue weighted by Crippen LogP contribution is 2.43. The smallest absolute Gasteiger partial charge is 0.418 e. The Labute approximate surface area is 179 Å². The van der Waals surface area contributed by atoms with Crippen molar-refractivity contribution in [2.75, 3.05) is 12.4 Å². The number of amides is 2. The zero-order chi connectivity index (χ0) is 23.0. The van der Waals surface area contributed by atoms with Crippen molar-refractivity contribution in [3.05, 3.63) is 58.7 Å². The van der Waals surface area contributed by atoms with Crippen LogP contribution in [0.5, 0.6) is 5.75 Å². The Balaban J connectivity index is 1.88. The molecule has 0 aromatic heterocycles. The van der Waals surface area contributed by atoms with E-state index < -0.39 is 29.3 Å². The lowest BCUT2D eigenvalue weighted by Gasteiger charge is -2.26. The molecule has 0 aliphatic heterocycles. The summed E-state index contributed by atoms with van der Waals surface area (Å²) in [5, 5.41) is 15.4. The van der Waals surface area contributed by atoms with Crippen LogP contribution < -0.4 is 15.4 Å². The van der Waals surface area contributed by atoms with Crippen molar-refractivity contribution in [3.8, 4) is 5.75 Å². The van der Waals surface area contributed by atoms with Crippen LogP contribution in [0.1, 0.15) is 49.1 Å². The van der Waals surface area contributed by atoms with Crippen molar-refractivity contribution in [3.63, 3.8) is 0 Å². The number of benzene rings is 2. The van der Waals surface area contributed by atoms with Gasteiger partial charge < -0.3 is 20.5 Å². The molecule has 0 radical (unpaired) electrons. The lowest BCUT2D eigenvalue weighted by Crippen LogP contribution is -2.38. The van der Waals surface area contributed by atoms with Crippen molar-refractivity contribution in [1.82, 2.24) is 5.32 Å². The van der Waals surface area contributed by atoms with E-state index in [-0.39, 0.29) is 17.5 Å². The molecule has 1 unspecified atom stereocenters. The summed E-state index contributed by atoms with van der Waals surface area (Å²) in [6.07, 6.45) is -6.25. The molecular formula is C23H27F3N2O3. The molecule has 1 aliphatic carbocycles. The number of methoxy groups -OCH3 is 1. The fraction of sp³-hybridized carbons (Fsp3) is 0.435. The number of urea groups is 1. The molecule has 31 heavy (non-hydrogen) atoms. The van der Waals surface area contributed by atoms with Crippen LogP contribution in [-0.2, 0) is 18.3 Å². The van der Waals surface area contributed by atoms with E-state index in [9.17, 15) is 23.1 Å². The highest BCUT2D eigenvalue weighted by atomic mass is 19.4. The van der Waals surface area contributed by atoms with Gasteiger partial charge in [0.2, 0.25) is 0 Å². The Morgan fingerprint density at radius 3 is 2.19 bits per heavy atom. The van der Waals surface area contributed by atoms with Crippen molar-refractivity contribution in [2.45, 2.75) is 57.3 Å². The van der Waals surface area contributed by atoms with Crippen molar-refractivity contribution < 1.29 is 27.8 Å². The van der Waals surface area contributed by atoms with Crippen LogP contribution in [0.3, 0.4) is 0 Å². The van der Waals surface area contributed by atoms with Crippen LogP contribution >= 0.6 is 0 Å². The first-order valence-corrected chi connectivity index (χ1v) is 10.0. The molecule has 0 heterocycles. The lowest BCUT2D eigenvalue weighted by atomic mass is 9.84. The molecule has 0 saturated heterocycles. The first kappa shape index (κ1) is 22.9. The van der Waals surface area contributed by atoms with Gasteiger partial charge in [-0.3, -0.25) is 0 Å². The first-order chi connectivity index (χ1) is 14.4. The fourth-order valence-corrected chi connectivity index (χ4v) is 3.79. The number of aliphatic hydroxyl groups excluding tert-OH is 1. The summed E-state index contributed by atoms with van der Waals surface area (Å²) in [6, 6.07) is 10.1. The number of ether oxygens (including phenoxy) is 1. The van der Waals surface area contributed by atoms with E-state index in [1.165, 1.54) is 13.2 Å². The van der Waals surface area contributed by atoms with Gasteiger partial charge in [-0.1, -0.05) is 45.0 Å². The Hall–Kier alpha value is -2.74. The van der Waals surface area contributed by atoms with Gasteiger partial charge in [-0.05, 0) is 47.1 Å². The molecule has 0 bridgehead atoms. The lowest BCUT2D eigenvalue weighted by molar-refractivity contribution is -0.207. The van der Waals surface area contributed by atoms with E-state index in [1.54, 1.807) is 6.07 Å². The van der Waals surface area contributed by atoms with Crippen LogP contribution in [-0.4, -0.2) is 30.5 Å². The van der Waals surface area contributed by atoms with Gasteiger partial charge in [-0.15, -0.1) is 0 Å².